The van der Waals surface area contributed by atoms with Gasteiger partial charge in [-0.25, -0.2) is 8.42 Å². The van der Waals surface area contributed by atoms with Crippen LogP contribution in [0.4, 0.5) is 11.4 Å². The first-order chi connectivity index (χ1) is 12.8. The van der Waals surface area contributed by atoms with E-state index in [2.05, 4.69) is 5.32 Å². The number of hydrogen-bond donors (Lipinski definition) is 2. The van der Waals surface area contributed by atoms with Gasteiger partial charge in [-0.15, -0.1) is 0 Å². The molecule has 3 rings (SSSR count). The molecule has 8 heteroatoms. The van der Waals surface area contributed by atoms with E-state index in [1.807, 2.05) is 0 Å². The molecule has 2 aromatic rings. The smallest absolute Gasteiger partial charge is 0.255 e. The molecule has 0 spiro atoms. The maximum atomic E-state index is 12.5. The molecule has 0 aromatic heterocycles. The lowest BCUT2D eigenvalue weighted by Crippen LogP contribution is -2.38. The Hall–Kier alpha value is -2.87. The van der Waals surface area contributed by atoms with Gasteiger partial charge in [-0.2, -0.15) is 0 Å². The number of primary amides is 1. The lowest BCUT2D eigenvalue weighted by molar-refractivity contribution is 0.0998. The van der Waals surface area contributed by atoms with Gasteiger partial charge >= 0.3 is 0 Å². The zero-order valence-electron chi connectivity index (χ0n) is 14.9. The van der Waals surface area contributed by atoms with Crippen molar-refractivity contribution in [3.05, 3.63) is 59.2 Å². The number of nitrogens with zero attached hydrogens (tertiary/aromatic N) is 1. The third-order valence-corrected chi connectivity index (χ3v) is 6.36. The number of nitrogens with two attached hydrogens (primary N) is 1. The Morgan fingerprint density at radius 3 is 2.30 bits per heavy atom. The number of carbonyl (C=O) groups is 2. The highest BCUT2D eigenvalue weighted by molar-refractivity contribution is 7.92. The molecule has 1 aliphatic rings. The quantitative estimate of drug-likeness (QED) is 0.838. The standard InChI is InChI=1S/C19H21N3O4S/c1-13-12-15(6-9-17(13)22-10-2-3-11-27(22,25)26)19(24)21-16-7-4-14(5-8-16)18(20)23/h4-9,12H,2-3,10-11H2,1H3,(H2,20,23)(H,21,24). The van der Waals surface area contributed by atoms with Crippen LogP contribution in [0.5, 0.6) is 0 Å². The van der Waals surface area contributed by atoms with E-state index in [1.165, 1.54) is 16.4 Å². The first-order valence-electron chi connectivity index (χ1n) is 8.60. The Labute approximate surface area is 158 Å². The van der Waals surface area contributed by atoms with Crippen molar-refractivity contribution in [2.75, 3.05) is 21.9 Å². The highest BCUT2D eigenvalue weighted by Gasteiger charge is 2.27. The van der Waals surface area contributed by atoms with E-state index in [1.54, 1.807) is 37.3 Å². The molecule has 1 heterocycles. The van der Waals surface area contributed by atoms with Gasteiger partial charge in [0.25, 0.3) is 5.91 Å². The molecular weight excluding hydrogens is 366 g/mol. The highest BCUT2D eigenvalue weighted by atomic mass is 32.2. The summed E-state index contributed by atoms with van der Waals surface area (Å²) in [7, 11) is -3.30. The van der Waals surface area contributed by atoms with E-state index in [0.717, 1.165) is 12.0 Å². The van der Waals surface area contributed by atoms with Crippen molar-refractivity contribution in [1.29, 1.82) is 0 Å². The summed E-state index contributed by atoms with van der Waals surface area (Å²) < 4.78 is 26.0. The Bertz CT molecular complexity index is 985. The van der Waals surface area contributed by atoms with Crippen LogP contribution in [0, 0.1) is 6.92 Å². The number of anilines is 2. The van der Waals surface area contributed by atoms with Crippen molar-refractivity contribution in [3.8, 4) is 0 Å². The predicted octanol–water partition coefficient (Wildman–Crippen LogP) is 2.28. The van der Waals surface area contributed by atoms with Gasteiger partial charge in [-0.1, -0.05) is 0 Å². The second kappa shape index (κ2) is 7.40. The Morgan fingerprint density at radius 1 is 1.04 bits per heavy atom. The summed E-state index contributed by atoms with van der Waals surface area (Å²) in [6.45, 7) is 2.25. The fraction of sp³-hybridized carbons (Fsp3) is 0.263. The molecule has 0 aliphatic carbocycles. The van der Waals surface area contributed by atoms with Crippen LogP contribution in [0.3, 0.4) is 0 Å². The molecule has 142 valence electrons. The Balaban J connectivity index is 1.78. The first kappa shape index (κ1) is 18.9. The zero-order valence-corrected chi connectivity index (χ0v) is 15.8. The normalized spacial score (nSPS) is 16.0. The summed E-state index contributed by atoms with van der Waals surface area (Å²) in [6, 6.07) is 11.2. The minimum absolute atomic E-state index is 0.149. The van der Waals surface area contributed by atoms with Gasteiger partial charge < -0.3 is 11.1 Å². The zero-order chi connectivity index (χ0) is 19.6. The largest absolute Gasteiger partial charge is 0.366 e. The van der Waals surface area contributed by atoms with Crippen LogP contribution in [0.25, 0.3) is 0 Å². The number of aryl methyl sites for hydroxylation is 1. The highest BCUT2D eigenvalue weighted by Crippen LogP contribution is 2.27. The first-order valence-corrected chi connectivity index (χ1v) is 10.2. The summed E-state index contributed by atoms with van der Waals surface area (Å²) in [5.74, 6) is -0.708. The molecule has 1 fully saturated rings. The summed E-state index contributed by atoms with van der Waals surface area (Å²) in [5.41, 5.74) is 7.83. The molecule has 1 aliphatic heterocycles. The van der Waals surface area contributed by atoms with Crippen LogP contribution in [0.1, 0.15) is 39.1 Å². The fourth-order valence-corrected chi connectivity index (χ4v) is 4.76. The minimum atomic E-state index is -3.30. The van der Waals surface area contributed by atoms with E-state index in [4.69, 9.17) is 5.73 Å². The van der Waals surface area contributed by atoms with Crippen LogP contribution in [0.15, 0.2) is 42.5 Å². The van der Waals surface area contributed by atoms with Gasteiger partial charge in [0.2, 0.25) is 15.9 Å². The maximum absolute atomic E-state index is 12.5. The van der Waals surface area contributed by atoms with E-state index in [0.29, 0.717) is 35.5 Å². The van der Waals surface area contributed by atoms with Crippen molar-refractivity contribution in [2.45, 2.75) is 19.8 Å². The van der Waals surface area contributed by atoms with Crippen molar-refractivity contribution >= 4 is 33.2 Å². The number of amides is 2. The number of rotatable bonds is 4. The second-order valence-corrected chi connectivity index (χ2v) is 8.51. The SMILES string of the molecule is Cc1cc(C(=O)Nc2ccc(C(N)=O)cc2)ccc1N1CCCCS1(=O)=O. The lowest BCUT2D eigenvalue weighted by Gasteiger charge is -2.29. The molecular formula is C19H21N3O4S. The summed E-state index contributed by atoms with van der Waals surface area (Å²) in [4.78, 5) is 23.6. The molecule has 0 unspecified atom stereocenters. The van der Waals surface area contributed by atoms with Crippen LogP contribution in [-0.4, -0.2) is 32.5 Å². The van der Waals surface area contributed by atoms with Crippen LogP contribution >= 0.6 is 0 Å². The Morgan fingerprint density at radius 2 is 1.70 bits per heavy atom. The second-order valence-electron chi connectivity index (χ2n) is 6.49. The molecule has 1 saturated heterocycles. The topological polar surface area (TPSA) is 110 Å². The Kier molecular flexibility index (Phi) is 5.18. The van der Waals surface area contributed by atoms with E-state index < -0.39 is 15.9 Å². The number of carbonyl (C=O) groups excluding carboxylic acids is 2. The van der Waals surface area contributed by atoms with Crippen LogP contribution < -0.4 is 15.4 Å². The molecule has 3 N–H and O–H groups in total. The average molecular weight is 387 g/mol. The summed E-state index contributed by atoms with van der Waals surface area (Å²) in [5, 5.41) is 2.74. The van der Waals surface area contributed by atoms with Crippen molar-refractivity contribution < 1.29 is 18.0 Å². The molecule has 0 bridgehead atoms. The number of benzene rings is 2. The molecule has 2 amide bonds. The molecule has 27 heavy (non-hydrogen) atoms. The van der Waals surface area contributed by atoms with Crippen molar-refractivity contribution in [1.82, 2.24) is 0 Å². The van der Waals surface area contributed by atoms with Crippen LogP contribution in [-0.2, 0) is 10.0 Å². The number of hydrogen-bond acceptors (Lipinski definition) is 4. The minimum Gasteiger partial charge on any atom is -0.366 e. The van der Waals surface area contributed by atoms with E-state index in [9.17, 15) is 18.0 Å². The monoisotopic (exact) mass is 387 g/mol. The van der Waals surface area contributed by atoms with Crippen molar-refractivity contribution in [2.24, 2.45) is 5.73 Å². The molecule has 7 nitrogen and oxygen atoms in total. The number of nitrogens with one attached hydrogen (secondary N) is 1. The number of sulfonamides is 1. The third kappa shape index (κ3) is 4.11. The van der Waals surface area contributed by atoms with Gasteiger partial charge in [-0.05, 0) is 67.8 Å². The fourth-order valence-electron chi connectivity index (χ4n) is 3.06. The maximum Gasteiger partial charge on any atom is 0.255 e. The predicted molar refractivity (Wildman–Crippen MR) is 104 cm³/mol. The van der Waals surface area contributed by atoms with Crippen molar-refractivity contribution in [3.63, 3.8) is 0 Å². The van der Waals surface area contributed by atoms with Gasteiger partial charge in [0.1, 0.15) is 0 Å². The average Bonchev–Trinajstić information content (AvgIpc) is 2.62. The molecule has 0 radical (unpaired) electrons. The molecule has 0 saturated carbocycles. The molecule has 2 aromatic carbocycles. The summed E-state index contributed by atoms with van der Waals surface area (Å²) in [6.07, 6.45) is 1.50. The van der Waals surface area contributed by atoms with E-state index in [-0.39, 0.29) is 11.7 Å². The third-order valence-electron chi connectivity index (χ3n) is 4.50. The van der Waals surface area contributed by atoms with Gasteiger partial charge in [0.15, 0.2) is 0 Å². The van der Waals surface area contributed by atoms with Gasteiger partial charge in [0, 0.05) is 23.4 Å². The van der Waals surface area contributed by atoms with Gasteiger partial charge in [0.05, 0.1) is 11.4 Å². The molecule has 0 atom stereocenters. The summed E-state index contributed by atoms with van der Waals surface area (Å²) >= 11 is 0. The van der Waals surface area contributed by atoms with Crippen LogP contribution in [0.2, 0.25) is 0 Å². The lowest BCUT2D eigenvalue weighted by atomic mass is 10.1. The van der Waals surface area contributed by atoms with Gasteiger partial charge in [-0.3, -0.25) is 13.9 Å². The van der Waals surface area contributed by atoms with E-state index >= 15 is 0 Å².